The molecule has 0 aliphatic rings. The summed E-state index contributed by atoms with van der Waals surface area (Å²) in [5, 5.41) is 30.2. The van der Waals surface area contributed by atoms with Gasteiger partial charge in [-0.05, 0) is 18.2 Å². The second kappa shape index (κ2) is 9.79. The molecule has 1 heterocycles. The van der Waals surface area contributed by atoms with E-state index in [4.69, 9.17) is 5.21 Å². The number of esters is 1. The van der Waals surface area contributed by atoms with Crippen LogP contribution in [0.25, 0.3) is 11.0 Å². The van der Waals surface area contributed by atoms with Gasteiger partial charge in [0.25, 0.3) is 17.2 Å². The molecule has 0 aliphatic heterocycles. The zero-order valence-corrected chi connectivity index (χ0v) is 17.3. The van der Waals surface area contributed by atoms with Crippen molar-refractivity contribution in [3.05, 3.63) is 69.3 Å². The summed E-state index contributed by atoms with van der Waals surface area (Å²) in [7, 11) is 0.872. The summed E-state index contributed by atoms with van der Waals surface area (Å²) in [4.78, 5) is 69.2. The average Bonchev–Trinajstić information content (AvgIpc) is 2.83. The fraction of sp³-hybridized carbons (Fsp3) is 0.0952. The molecule has 2 unspecified atom stereocenters. The summed E-state index contributed by atoms with van der Waals surface area (Å²) in [6.07, 6.45) is 0. The molecule has 1 amide bonds. The average molecular weight is 465 g/mol. The number of ether oxygens (including phenoxy) is 1. The van der Waals surface area contributed by atoms with Crippen molar-refractivity contribution >= 4 is 45.9 Å². The lowest BCUT2D eigenvalue weighted by atomic mass is 9.94. The van der Waals surface area contributed by atoms with Gasteiger partial charge in [0.05, 0.1) is 29.4 Å². The number of rotatable bonds is 7. The van der Waals surface area contributed by atoms with Crippen LogP contribution in [0.15, 0.2) is 47.3 Å². The number of fused-ring (bicyclic) bond motifs is 1. The van der Waals surface area contributed by atoms with Gasteiger partial charge in [0, 0.05) is 12.1 Å². The summed E-state index contributed by atoms with van der Waals surface area (Å²) in [6.45, 7) is 0. The molecule has 1 aromatic heterocycles. The predicted molar refractivity (Wildman–Crippen MR) is 113 cm³/mol. The Morgan fingerprint density at radius 3 is 2.56 bits per heavy atom. The van der Waals surface area contributed by atoms with Crippen LogP contribution in [0.3, 0.4) is 0 Å². The first-order chi connectivity index (χ1) is 16.2. The summed E-state index contributed by atoms with van der Waals surface area (Å²) in [5.41, 5.74) is -2.05. The van der Waals surface area contributed by atoms with E-state index in [2.05, 4.69) is 20.0 Å². The molecule has 13 nitrogen and oxygen atoms in total. The number of amides is 1. The molecule has 0 bridgehead atoms. The molecule has 0 fully saturated rings. The van der Waals surface area contributed by atoms with Gasteiger partial charge in [-0.15, -0.1) is 0 Å². The minimum atomic E-state index is -2.26. The maximum atomic E-state index is 13.0. The molecule has 172 valence electrons. The number of Topliss-reactive ketones (excluding diaryl/α,β-unsaturated/α-hetero) is 2. The normalized spacial score (nSPS) is 12.3. The van der Waals surface area contributed by atoms with Gasteiger partial charge < -0.3 is 20.2 Å². The number of carbonyl (C=O) groups excluding carboxylic acids is 4. The largest absolute Gasteiger partial charge is 0.595 e. The van der Waals surface area contributed by atoms with E-state index in [-0.39, 0.29) is 28.0 Å². The molecule has 4 N–H and O–H groups in total. The van der Waals surface area contributed by atoms with Crippen molar-refractivity contribution < 1.29 is 34.3 Å². The number of ketones is 2. The quantitative estimate of drug-likeness (QED) is 0.148. The number of nitrogens with one attached hydrogen (secondary N) is 3. The molecule has 2 aromatic carbocycles. The van der Waals surface area contributed by atoms with Crippen LogP contribution in [0.5, 0.6) is 0 Å². The minimum absolute atomic E-state index is 0.175. The number of aromatic nitrogens is 2. The summed E-state index contributed by atoms with van der Waals surface area (Å²) in [5.74, 6) is -8.31. The first kappa shape index (κ1) is 23.9. The molecule has 0 aliphatic carbocycles. The van der Waals surface area contributed by atoms with Gasteiger partial charge in [-0.1, -0.05) is 12.1 Å². The van der Waals surface area contributed by atoms with Crippen molar-refractivity contribution in [2.24, 2.45) is 0 Å². The van der Waals surface area contributed by atoms with Gasteiger partial charge in [0.15, 0.2) is 5.69 Å². The third-order valence-electron chi connectivity index (χ3n) is 4.67. The standard InChI is InChI=1S/C21H15N5O8/c1-34-21(31)18(28)15(16-19(29)24-13-5-3-2-4-12(13)23-16)17(27)20(30)25-14-8-11(26(32)33)7-6-10(14)9-22/h2-8,15,26,32H,1H3,(H,24,29)(H,25,30). The van der Waals surface area contributed by atoms with E-state index in [0.717, 1.165) is 25.3 Å². The van der Waals surface area contributed by atoms with Crippen LogP contribution >= 0.6 is 0 Å². The highest BCUT2D eigenvalue weighted by Gasteiger charge is 2.40. The summed E-state index contributed by atoms with van der Waals surface area (Å²) >= 11 is 0. The lowest BCUT2D eigenvalue weighted by molar-refractivity contribution is -0.991. The number of quaternary nitrogens is 1. The van der Waals surface area contributed by atoms with E-state index in [1.807, 2.05) is 0 Å². The lowest BCUT2D eigenvalue weighted by Gasteiger charge is -2.15. The highest BCUT2D eigenvalue weighted by Crippen LogP contribution is 2.21. The highest BCUT2D eigenvalue weighted by atomic mass is 16.8. The number of anilines is 1. The number of benzene rings is 2. The summed E-state index contributed by atoms with van der Waals surface area (Å²) < 4.78 is 4.35. The maximum absolute atomic E-state index is 13.0. The molecular weight excluding hydrogens is 450 g/mol. The predicted octanol–water partition coefficient (Wildman–Crippen LogP) is -0.768. The van der Waals surface area contributed by atoms with E-state index < -0.39 is 45.8 Å². The smallest absolute Gasteiger partial charge is 0.375 e. The van der Waals surface area contributed by atoms with Crippen molar-refractivity contribution in [2.45, 2.75) is 5.92 Å². The fourth-order valence-corrected chi connectivity index (χ4v) is 3.02. The van der Waals surface area contributed by atoms with E-state index in [1.165, 1.54) is 12.1 Å². The number of hydrogen-bond acceptors (Lipinski definition) is 10. The van der Waals surface area contributed by atoms with Crippen LogP contribution in [0.1, 0.15) is 17.2 Å². The maximum Gasteiger partial charge on any atom is 0.375 e. The number of nitrogens with zero attached hydrogens (tertiary/aromatic N) is 2. The monoisotopic (exact) mass is 465 g/mol. The van der Waals surface area contributed by atoms with Crippen molar-refractivity contribution in [3.8, 4) is 6.07 Å². The van der Waals surface area contributed by atoms with Crippen molar-refractivity contribution in [2.75, 3.05) is 12.4 Å². The molecular formula is C21H15N5O8. The van der Waals surface area contributed by atoms with Crippen LogP contribution < -0.4 is 16.1 Å². The second-order valence-corrected chi connectivity index (χ2v) is 6.75. The second-order valence-electron chi connectivity index (χ2n) is 6.75. The Bertz CT molecular complexity index is 1420. The van der Waals surface area contributed by atoms with Crippen LogP contribution in [0.4, 0.5) is 11.4 Å². The molecule has 3 aromatic rings. The number of para-hydroxylation sites is 2. The Hall–Kier alpha value is -4.77. The van der Waals surface area contributed by atoms with E-state index in [9.17, 15) is 34.4 Å². The third-order valence-corrected chi connectivity index (χ3v) is 4.67. The topological polar surface area (TPSA) is 207 Å². The first-order valence-corrected chi connectivity index (χ1v) is 9.41. The van der Waals surface area contributed by atoms with Crippen LogP contribution in [-0.4, -0.2) is 45.7 Å². The van der Waals surface area contributed by atoms with Gasteiger partial charge >= 0.3 is 5.97 Å². The van der Waals surface area contributed by atoms with E-state index >= 15 is 0 Å². The lowest BCUT2D eigenvalue weighted by Crippen LogP contribution is -2.99. The van der Waals surface area contributed by atoms with Crippen LogP contribution in [-0.2, 0) is 23.9 Å². The molecule has 34 heavy (non-hydrogen) atoms. The number of nitriles is 1. The van der Waals surface area contributed by atoms with Gasteiger partial charge in [-0.2, -0.15) is 10.5 Å². The Balaban J connectivity index is 2.06. The Kier molecular flexibility index (Phi) is 6.88. The Morgan fingerprint density at radius 2 is 1.91 bits per heavy atom. The number of hydrogen-bond donors (Lipinski definition) is 4. The molecule has 2 atom stereocenters. The highest BCUT2D eigenvalue weighted by molar-refractivity contribution is 6.52. The van der Waals surface area contributed by atoms with Crippen LogP contribution in [0, 0.1) is 16.5 Å². The Morgan fingerprint density at radius 1 is 1.21 bits per heavy atom. The number of H-pyrrole nitrogens is 1. The Labute approximate surface area is 189 Å². The minimum Gasteiger partial charge on any atom is -0.595 e. The van der Waals surface area contributed by atoms with Crippen molar-refractivity contribution in [1.29, 1.82) is 5.26 Å². The molecule has 0 radical (unpaired) electrons. The fourth-order valence-electron chi connectivity index (χ4n) is 3.02. The first-order valence-electron chi connectivity index (χ1n) is 9.41. The van der Waals surface area contributed by atoms with Gasteiger partial charge in [0.2, 0.25) is 5.78 Å². The van der Waals surface area contributed by atoms with Crippen molar-refractivity contribution in [3.63, 3.8) is 0 Å². The number of methoxy groups -OCH3 is 1. The molecule has 3 rings (SSSR count). The molecule has 13 heteroatoms. The summed E-state index contributed by atoms with van der Waals surface area (Å²) in [6, 6.07) is 11.0. The van der Waals surface area contributed by atoms with Crippen LogP contribution in [0.2, 0.25) is 0 Å². The molecule has 0 spiro atoms. The molecule has 0 saturated heterocycles. The zero-order valence-electron chi connectivity index (χ0n) is 17.3. The number of aromatic amines is 1. The zero-order chi connectivity index (χ0) is 25.0. The van der Waals surface area contributed by atoms with Crippen molar-refractivity contribution in [1.82, 2.24) is 9.97 Å². The molecule has 0 saturated carbocycles. The third kappa shape index (κ3) is 4.69. The van der Waals surface area contributed by atoms with Gasteiger partial charge in [-0.3, -0.25) is 19.2 Å². The van der Waals surface area contributed by atoms with E-state index in [1.54, 1.807) is 18.2 Å². The van der Waals surface area contributed by atoms with Gasteiger partial charge in [-0.25, -0.2) is 15.0 Å². The van der Waals surface area contributed by atoms with Gasteiger partial charge in [0.1, 0.15) is 17.7 Å². The SMILES string of the molecule is COC(=O)C(=O)C(C(=O)C(=O)Nc1cc([NH+]([O-])O)ccc1C#N)c1nc2ccccc2[nH]c1=O. The van der Waals surface area contributed by atoms with E-state index in [0.29, 0.717) is 0 Å². The number of carbonyl (C=O) groups is 4.